The lowest BCUT2D eigenvalue weighted by atomic mass is 9.72. The third-order valence-corrected chi connectivity index (χ3v) is 5.02. The van der Waals surface area contributed by atoms with Gasteiger partial charge in [-0.1, -0.05) is 20.3 Å². The number of nitrogens with zero attached hydrogens (tertiary/aromatic N) is 2. The van der Waals surface area contributed by atoms with Gasteiger partial charge in [0.15, 0.2) is 0 Å². The largest absolute Gasteiger partial charge is 0.391 e. The Morgan fingerprint density at radius 1 is 1.22 bits per heavy atom. The Morgan fingerprint density at radius 2 is 1.89 bits per heavy atom. The van der Waals surface area contributed by atoms with E-state index in [0.29, 0.717) is 6.04 Å². The van der Waals surface area contributed by atoms with Gasteiger partial charge in [0.05, 0.1) is 6.10 Å². The number of likely N-dealkylation sites (N-methyl/N-ethyl adjacent to an activating group) is 1. The Morgan fingerprint density at radius 3 is 2.56 bits per heavy atom. The van der Waals surface area contributed by atoms with Crippen molar-refractivity contribution in [2.24, 2.45) is 5.41 Å². The second kappa shape index (κ2) is 5.89. The standard InChI is InChI=1S/C15H30N2O/c1-15(2)8-6-7-13(14(15)18)16(3)11-12-17-9-4-5-10-17/h13-14,18H,4-12H2,1-3H3. The molecular weight excluding hydrogens is 224 g/mol. The van der Waals surface area contributed by atoms with Gasteiger partial charge in [-0.15, -0.1) is 0 Å². The molecule has 2 unspecified atom stereocenters. The molecule has 0 amide bonds. The zero-order valence-corrected chi connectivity index (χ0v) is 12.4. The number of aliphatic hydroxyl groups excluding tert-OH is 1. The van der Waals surface area contributed by atoms with E-state index >= 15 is 0 Å². The molecule has 1 saturated carbocycles. The number of aliphatic hydroxyl groups is 1. The number of hydrogen-bond donors (Lipinski definition) is 1. The molecule has 2 rings (SSSR count). The summed E-state index contributed by atoms with van der Waals surface area (Å²) in [6.45, 7) is 9.22. The average Bonchev–Trinajstić information content (AvgIpc) is 2.82. The van der Waals surface area contributed by atoms with E-state index < -0.39 is 0 Å². The van der Waals surface area contributed by atoms with Gasteiger partial charge in [-0.05, 0) is 51.2 Å². The second-order valence-electron chi connectivity index (χ2n) is 6.92. The van der Waals surface area contributed by atoms with Crippen molar-refractivity contribution in [2.45, 2.75) is 58.1 Å². The first-order valence-electron chi connectivity index (χ1n) is 7.61. The minimum Gasteiger partial charge on any atom is -0.391 e. The zero-order chi connectivity index (χ0) is 13.2. The molecule has 0 aromatic carbocycles. The molecule has 1 N–H and O–H groups in total. The lowest BCUT2D eigenvalue weighted by molar-refractivity contribution is -0.0513. The monoisotopic (exact) mass is 254 g/mol. The smallest absolute Gasteiger partial charge is 0.0746 e. The predicted octanol–water partition coefficient (Wildman–Crippen LogP) is 1.95. The van der Waals surface area contributed by atoms with E-state index in [2.05, 4.69) is 30.7 Å². The van der Waals surface area contributed by atoms with Gasteiger partial charge in [-0.2, -0.15) is 0 Å². The van der Waals surface area contributed by atoms with Crippen LogP contribution in [0, 0.1) is 5.41 Å². The van der Waals surface area contributed by atoms with Gasteiger partial charge >= 0.3 is 0 Å². The molecule has 0 radical (unpaired) electrons. The van der Waals surface area contributed by atoms with E-state index in [0.717, 1.165) is 19.4 Å². The first kappa shape index (κ1) is 14.3. The number of rotatable bonds is 4. The van der Waals surface area contributed by atoms with E-state index in [1.165, 1.54) is 38.9 Å². The lowest BCUT2D eigenvalue weighted by Gasteiger charge is -2.44. The second-order valence-corrected chi connectivity index (χ2v) is 6.92. The highest BCUT2D eigenvalue weighted by Gasteiger charge is 2.39. The molecule has 1 aliphatic carbocycles. The number of likely N-dealkylation sites (tertiary alicyclic amines) is 1. The Hall–Kier alpha value is -0.120. The van der Waals surface area contributed by atoms with Crippen molar-refractivity contribution >= 4 is 0 Å². The Bertz CT molecular complexity index is 261. The molecular formula is C15H30N2O. The van der Waals surface area contributed by atoms with Gasteiger partial charge in [-0.25, -0.2) is 0 Å². The van der Waals surface area contributed by atoms with E-state index in [4.69, 9.17) is 0 Å². The van der Waals surface area contributed by atoms with E-state index in [-0.39, 0.29) is 11.5 Å². The molecule has 3 nitrogen and oxygen atoms in total. The molecule has 2 atom stereocenters. The summed E-state index contributed by atoms with van der Waals surface area (Å²) in [5.41, 5.74) is 0.0881. The normalized spacial score (nSPS) is 33.2. The molecule has 1 aliphatic heterocycles. The van der Waals surface area contributed by atoms with Gasteiger partial charge < -0.3 is 10.0 Å². The van der Waals surface area contributed by atoms with Crippen LogP contribution in [0.3, 0.4) is 0 Å². The first-order chi connectivity index (χ1) is 8.50. The van der Waals surface area contributed by atoms with Crippen molar-refractivity contribution in [3.63, 3.8) is 0 Å². The summed E-state index contributed by atoms with van der Waals surface area (Å²) < 4.78 is 0. The fraction of sp³-hybridized carbons (Fsp3) is 1.00. The Balaban J connectivity index is 1.81. The van der Waals surface area contributed by atoms with Gasteiger partial charge in [0.25, 0.3) is 0 Å². The molecule has 1 heterocycles. The summed E-state index contributed by atoms with van der Waals surface area (Å²) in [5, 5.41) is 10.5. The maximum atomic E-state index is 10.5. The molecule has 2 fully saturated rings. The highest BCUT2D eigenvalue weighted by atomic mass is 16.3. The first-order valence-corrected chi connectivity index (χ1v) is 7.61. The Kier molecular flexibility index (Phi) is 4.68. The molecule has 0 spiro atoms. The van der Waals surface area contributed by atoms with Crippen molar-refractivity contribution < 1.29 is 5.11 Å². The third kappa shape index (κ3) is 3.25. The minimum atomic E-state index is -0.171. The molecule has 18 heavy (non-hydrogen) atoms. The van der Waals surface area contributed by atoms with Crippen molar-refractivity contribution in [1.29, 1.82) is 0 Å². The quantitative estimate of drug-likeness (QED) is 0.831. The van der Waals surface area contributed by atoms with Crippen LogP contribution in [0.4, 0.5) is 0 Å². The molecule has 0 aromatic heterocycles. The molecule has 106 valence electrons. The van der Waals surface area contributed by atoms with Crippen molar-refractivity contribution in [3.8, 4) is 0 Å². The van der Waals surface area contributed by atoms with Crippen molar-refractivity contribution in [1.82, 2.24) is 9.80 Å². The van der Waals surface area contributed by atoms with Crippen LogP contribution in [-0.4, -0.2) is 60.3 Å². The van der Waals surface area contributed by atoms with Crippen LogP contribution in [0.15, 0.2) is 0 Å². The molecule has 1 saturated heterocycles. The fourth-order valence-corrected chi connectivity index (χ4v) is 3.53. The van der Waals surface area contributed by atoms with Gasteiger partial charge in [-0.3, -0.25) is 4.90 Å². The summed E-state index contributed by atoms with van der Waals surface area (Å²) in [6.07, 6.45) is 6.12. The topological polar surface area (TPSA) is 26.7 Å². The van der Waals surface area contributed by atoms with Crippen LogP contribution in [0.25, 0.3) is 0 Å². The number of hydrogen-bond acceptors (Lipinski definition) is 3. The molecule has 3 heteroatoms. The van der Waals surface area contributed by atoms with Crippen LogP contribution in [-0.2, 0) is 0 Å². The van der Waals surface area contributed by atoms with E-state index in [1.807, 2.05) is 0 Å². The lowest BCUT2D eigenvalue weighted by Crippen LogP contribution is -2.52. The SMILES string of the molecule is CN(CCN1CCCC1)C1CCCC(C)(C)C1O. The molecule has 0 bridgehead atoms. The van der Waals surface area contributed by atoms with Crippen LogP contribution in [0.5, 0.6) is 0 Å². The molecule has 2 aliphatic rings. The summed E-state index contributed by atoms with van der Waals surface area (Å²) in [4.78, 5) is 4.95. The van der Waals surface area contributed by atoms with Crippen LogP contribution in [0.1, 0.15) is 46.0 Å². The van der Waals surface area contributed by atoms with Crippen molar-refractivity contribution in [2.75, 3.05) is 33.2 Å². The van der Waals surface area contributed by atoms with E-state index in [1.54, 1.807) is 0 Å². The minimum absolute atomic E-state index is 0.0881. The van der Waals surface area contributed by atoms with Crippen LogP contribution < -0.4 is 0 Å². The summed E-state index contributed by atoms with van der Waals surface area (Å²) in [5.74, 6) is 0. The van der Waals surface area contributed by atoms with Gasteiger partial charge in [0.2, 0.25) is 0 Å². The molecule has 0 aromatic rings. The summed E-state index contributed by atoms with van der Waals surface area (Å²) in [6, 6.07) is 0.358. The van der Waals surface area contributed by atoms with E-state index in [9.17, 15) is 5.11 Å². The zero-order valence-electron chi connectivity index (χ0n) is 12.4. The van der Waals surface area contributed by atoms with Crippen molar-refractivity contribution in [3.05, 3.63) is 0 Å². The maximum absolute atomic E-state index is 10.5. The van der Waals surface area contributed by atoms with Crippen LogP contribution in [0.2, 0.25) is 0 Å². The summed E-state index contributed by atoms with van der Waals surface area (Å²) >= 11 is 0. The maximum Gasteiger partial charge on any atom is 0.0746 e. The summed E-state index contributed by atoms with van der Waals surface area (Å²) in [7, 11) is 2.19. The van der Waals surface area contributed by atoms with Gasteiger partial charge in [0.1, 0.15) is 0 Å². The highest BCUT2D eigenvalue weighted by molar-refractivity contribution is 4.92. The Labute approximate surface area is 112 Å². The highest BCUT2D eigenvalue weighted by Crippen LogP contribution is 2.37. The fourth-order valence-electron chi connectivity index (χ4n) is 3.53. The average molecular weight is 254 g/mol. The predicted molar refractivity (Wildman–Crippen MR) is 75.7 cm³/mol. The van der Waals surface area contributed by atoms with Gasteiger partial charge in [0, 0.05) is 19.1 Å². The van der Waals surface area contributed by atoms with Crippen LogP contribution >= 0.6 is 0 Å². The third-order valence-electron chi connectivity index (χ3n) is 5.02.